The average molecular weight is 714 g/mol. The van der Waals surface area contributed by atoms with Gasteiger partial charge in [0.2, 0.25) is 0 Å². The zero-order valence-electron chi connectivity index (χ0n) is 31.0. The van der Waals surface area contributed by atoms with Crippen LogP contribution in [0, 0.1) is 0 Å². The Hall–Kier alpha value is -7.22. The summed E-state index contributed by atoms with van der Waals surface area (Å²) in [6, 6.07) is 86.1. The number of hydrogen-bond acceptors (Lipinski definition) is 1. The average Bonchev–Trinajstić information content (AvgIpc) is 3.60. The van der Waals surface area contributed by atoms with Crippen LogP contribution < -0.4 is 4.90 Å². The molecule has 0 unspecified atom stereocenters. The van der Waals surface area contributed by atoms with E-state index in [1.54, 1.807) is 0 Å². The maximum absolute atomic E-state index is 2.45. The summed E-state index contributed by atoms with van der Waals surface area (Å²) in [7, 11) is 0. The Bertz CT molecular complexity index is 2710. The molecule has 1 aliphatic carbocycles. The highest BCUT2D eigenvalue weighted by molar-refractivity contribution is 5.97. The number of nitrogens with zero attached hydrogens (tertiary/aromatic N) is 1. The van der Waals surface area contributed by atoms with Crippen LogP contribution in [0.2, 0.25) is 0 Å². The van der Waals surface area contributed by atoms with Crippen LogP contribution >= 0.6 is 0 Å². The van der Waals surface area contributed by atoms with E-state index in [9.17, 15) is 0 Å². The number of hydrogen-bond donors (Lipinski definition) is 0. The van der Waals surface area contributed by atoms with Crippen molar-refractivity contribution in [1.29, 1.82) is 0 Å². The zero-order chi connectivity index (χ0) is 37.3. The Balaban J connectivity index is 1.17. The summed E-state index contributed by atoms with van der Waals surface area (Å²) in [5, 5.41) is 0. The minimum atomic E-state index is -0.485. The van der Waals surface area contributed by atoms with Gasteiger partial charge in [0.1, 0.15) is 0 Å². The van der Waals surface area contributed by atoms with Crippen LogP contribution in [0.5, 0.6) is 0 Å². The summed E-state index contributed by atoms with van der Waals surface area (Å²) in [6.45, 7) is 0. The van der Waals surface area contributed by atoms with Crippen LogP contribution in [0.3, 0.4) is 0 Å². The molecule has 10 rings (SSSR count). The number of fused-ring (bicyclic) bond motifs is 3. The molecule has 0 radical (unpaired) electrons. The molecule has 1 aliphatic rings. The van der Waals surface area contributed by atoms with Gasteiger partial charge in [-0.15, -0.1) is 0 Å². The molecule has 1 heteroatoms. The molecular weight excluding hydrogens is 675 g/mol. The number of anilines is 3. The largest absolute Gasteiger partial charge is 0.310 e. The van der Waals surface area contributed by atoms with Gasteiger partial charge in [-0.2, -0.15) is 0 Å². The van der Waals surface area contributed by atoms with Gasteiger partial charge in [0.15, 0.2) is 0 Å². The summed E-state index contributed by atoms with van der Waals surface area (Å²) >= 11 is 0. The summed E-state index contributed by atoms with van der Waals surface area (Å²) in [5.74, 6) is 0. The normalized spacial score (nSPS) is 12.4. The van der Waals surface area contributed by atoms with Gasteiger partial charge in [0.05, 0.1) is 11.1 Å². The molecule has 0 spiro atoms. The topological polar surface area (TPSA) is 3.24 Å². The molecule has 0 saturated heterocycles. The molecule has 0 fully saturated rings. The predicted molar refractivity (Wildman–Crippen MR) is 235 cm³/mol. The molecule has 0 bridgehead atoms. The van der Waals surface area contributed by atoms with Gasteiger partial charge in [-0.1, -0.05) is 200 Å². The molecule has 0 aliphatic heterocycles. The SMILES string of the molecule is c1ccc(-c2ccc(N(c3ccc(-c4cccc(-c5ccccc5)c4)cc3)c3cccc4c3-c3ccccc3C4(c3ccccc3)c3ccccc3)cc2)cc1. The molecule has 0 amide bonds. The third kappa shape index (κ3) is 5.65. The molecule has 56 heavy (non-hydrogen) atoms. The van der Waals surface area contributed by atoms with Gasteiger partial charge in [0.25, 0.3) is 0 Å². The highest BCUT2D eigenvalue weighted by Crippen LogP contribution is 2.59. The Morgan fingerprint density at radius 1 is 0.286 bits per heavy atom. The van der Waals surface area contributed by atoms with Crippen LogP contribution in [-0.4, -0.2) is 0 Å². The first-order valence-electron chi connectivity index (χ1n) is 19.3. The first kappa shape index (κ1) is 33.4. The van der Waals surface area contributed by atoms with E-state index in [0.717, 1.165) is 17.1 Å². The highest BCUT2D eigenvalue weighted by Gasteiger charge is 2.47. The smallest absolute Gasteiger partial charge is 0.0714 e. The van der Waals surface area contributed by atoms with Gasteiger partial charge in [-0.25, -0.2) is 0 Å². The fourth-order valence-corrected chi connectivity index (χ4v) is 8.83. The highest BCUT2D eigenvalue weighted by atomic mass is 15.1. The van der Waals surface area contributed by atoms with Crippen molar-refractivity contribution in [2.75, 3.05) is 4.90 Å². The molecule has 0 heterocycles. The van der Waals surface area contributed by atoms with E-state index in [0.29, 0.717) is 0 Å². The third-order valence-electron chi connectivity index (χ3n) is 11.4. The van der Waals surface area contributed by atoms with Gasteiger partial charge in [-0.05, 0) is 97.6 Å². The monoisotopic (exact) mass is 713 g/mol. The summed E-state index contributed by atoms with van der Waals surface area (Å²) < 4.78 is 0. The van der Waals surface area contributed by atoms with Gasteiger partial charge in [0, 0.05) is 16.9 Å². The quantitative estimate of drug-likeness (QED) is 0.152. The van der Waals surface area contributed by atoms with Crippen molar-refractivity contribution < 1.29 is 0 Å². The first-order chi connectivity index (χ1) is 27.8. The Kier molecular flexibility index (Phi) is 8.46. The summed E-state index contributed by atoms with van der Waals surface area (Å²) in [4.78, 5) is 2.45. The van der Waals surface area contributed by atoms with Crippen molar-refractivity contribution in [3.8, 4) is 44.5 Å². The van der Waals surface area contributed by atoms with Crippen molar-refractivity contribution in [1.82, 2.24) is 0 Å². The lowest BCUT2D eigenvalue weighted by atomic mass is 9.68. The molecule has 0 saturated carbocycles. The molecule has 9 aromatic carbocycles. The summed E-state index contributed by atoms with van der Waals surface area (Å²) in [5.41, 5.74) is 17.7. The van der Waals surface area contributed by atoms with Crippen LogP contribution in [0.25, 0.3) is 44.5 Å². The standard InChI is InChI=1S/C55H39N/c1-5-17-40(18-6-1)42-31-35-48(36-32-42)56(49-37-33-43(34-38-49)45-22-15-21-44(39-45)41-19-7-2-8-20-41)53-30-16-29-52-54(53)50-27-13-14-28-51(50)55(52,46-23-9-3-10-24-46)47-25-11-4-12-26-47/h1-39H. The Morgan fingerprint density at radius 3 is 1.23 bits per heavy atom. The minimum Gasteiger partial charge on any atom is -0.310 e. The molecule has 9 aromatic rings. The number of rotatable bonds is 8. The second kappa shape index (κ2) is 14.2. The molecule has 264 valence electrons. The van der Waals surface area contributed by atoms with E-state index in [1.807, 2.05) is 0 Å². The van der Waals surface area contributed by atoms with Gasteiger partial charge < -0.3 is 4.90 Å². The lowest BCUT2D eigenvalue weighted by Gasteiger charge is -2.34. The van der Waals surface area contributed by atoms with Gasteiger partial charge in [-0.3, -0.25) is 0 Å². The van der Waals surface area contributed by atoms with Crippen molar-refractivity contribution in [3.63, 3.8) is 0 Å². The van der Waals surface area contributed by atoms with Crippen LogP contribution in [0.15, 0.2) is 237 Å². The van der Waals surface area contributed by atoms with E-state index in [1.165, 1.54) is 66.8 Å². The van der Waals surface area contributed by atoms with Crippen LogP contribution in [0.4, 0.5) is 17.1 Å². The lowest BCUT2D eigenvalue weighted by Crippen LogP contribution is -2.28. The fraction of sp³-hybridized carbons (Fsp3) is 0.0182. The Labute approximate surface area is 329 Å². The van der Waals surface area contributed by atoms with Crippen molar-refractivity contribution in [3.05, 3.63) is 259 Å². The van der Waals surface area contributed by atoms with Crippen molar-refractivity contribution >= 4 is 17.1 Å². The van der Waals surface area contributed by atoms with Gasteiger partial charge >= 0.3 is 0 Å². The minimum absolute atomic E-state index is 0.485. The second-order valence-corrected chi connectivity index (χ2v) is 14.5. The maximum Gasteiger partial charge on any atom is 0.0714 e. The van der Waals surface area contributed by atoms with Crippen molar-refractivity contribution in [2.45, 2.75) is 5.41 Å². The van der Waals surface area contributed by atoms with E-state index in [2.05, 4.69) is 241 Å². The lowest BCUT2D eigenvalue weighted by molar-refractivity contribution is 0.768. The van der Waals surface area contributed by atoms with E-state index < -0.39 is 5.41 Å². The van der Waals surface area contributed by atoms with Crippen LogP contribution in [-0.2, 0) is 5.41 Å². The van der Waals surface area contributed by atoms with Crippen molar-refractivity contribution in [2.24, 2.45) is 0 Å². The Morgan fingerprint density at radius 2 is 0.679 bits per heavy atom. The predicted octanol–water partition coefficient (Wildman–Crippen LogP) is 14.5. The van der Waals surface area contributed by atoms with E-state index in [-0.39, 0.29) is 0 Å². The molecular formula is C55H39N. The summed E-state index contributed by atoms with van der Waals surface area (Å²) in [6.07, 6.45) is 0. The molecule has 0 N–H and O–H groups in total. The molecule has 1 nitrogen and oxygen atoms in total. The van der Waals surface area contributed by atoms with E-state index in [4.69, 9.17) is 0 Å². The second-order valence-electron chi connectivity index (χ2n) is 14.5. The molecule has 0 aromatic heterocycles. The fourth-order valence-electron chi connectivity index (χ4n) is 8.83. The molecule has 0 atom stereocenters. The zero-order valence-corrected chi connectivity index (χ0v) is 31.0. The third-order valence-corrected chi connectivity index (χ3v) is 11.4. The number of benzene rings is 9. The first-order valence-corrected chi connectivity index (χ1v) is 19.3. The maximum atomic E-state index is 2.45. The van der Waals surface area contributed by atoms with E-state index >= 15 is 0 Å². The van der Waals surface area contributed by atoms with Crippen LogP contribution in [0.1, 0.15) is 22.3 Å².